The Balaban J connectivity index is 2.57. The molecule has 2 rings (SSSR count). The molecular formula is C11H11Cl2N3. The van der Waals surface area contributed by atoms with Gasteiger partial charge in [-0.15, -0.1) is 0 Å². The van der Waals surface area contributed by atoms with Gasteiger partial charge in [-0.1, -0.05) is 23.2 Å². The summed E-state index contributed by atoms with van der Waals surface area (Å²) in [5.74, 6) is 0.562. The van der Waals surface area contributed by atoms with Gasteiger partial charge in [0.05, 0.1) is 15.6 Å². The van der Waals surface area contributed by atoms with Crippen molar-refractivity contribution in [2.75, 3.05) is 5.32 Å². The second-order valence-corrected chi connectivity index (χ2v) is 4.60. The first-order valence-corrected chi connectivity index (χ1v) is 5.71. The smallest absolute Gasteiger partial charge is 0.223 e. The van der Waals surface area contributed by atoms with Crippen molar-refractivity contribution in [1.82, 2.24) is 9.97 Å². The Hall–Kier alpha value is -1.06. The molecule has 0 aliphatic carbocycles. The molecular weight excluding hydrogens is 245 g/mol. The van der Waals surface area contributed by atoms with Crippen LogP contribution in [0.4, 0.5) is 5.95 Å². The van der Waals surface area contributed by atoms with Crippen molar-refractivity contribution in [3.05, 3.63) is 28.4 Å². The normalized spacial score (nSPS) is 11.1. The van der Waals surface area contributed by atoms with Gasteiger partial charge >= 0.3 is 0 Å². The van der Waals surface area contributed by atoms with Crippen LogP contribution in [0.2, 0.25) is 10.0 Å². The molecule has 0 atom stereocenters. The number of hydrogen-bond acceptors (Lipinski definition) is 3. The fourth-order valence-electron chi connectivity index (χ4n) is 1.38. The zero-order valence-electron chi connectivity index (χ0n) is 8.96. The van der Waals surface area contributed by atoms with Gasteiger partial charge < -0.3 is 5.32 Å². The van der Waals surface area contributed by atoms with E-state index in [1.807, 2.05) is 13.8 Å². The summed E-state index contributed by atoms with van der Waals surface area (Å²) >= 11 is 12.1. The largest absolute Gasteiger partial charge is 0.352 e. The number of benzene rings is 1. The third-order valence-electron chi connectivity index (χ3n) is 2.07. The van der Waals surface area contributed by atoms with Gasteiger partial charge in [0.2, 0.25) is 5.95 Å². The number of hydrogen-bond donors (Lipinski definition) is 1. The average Bonchev–Trinajstić information content (AvgIpc) is 2.23. The molecule has 0 amide bonds. The fraction of sp³-hybridized carbons (Fsp3) is 0.273. The van der Waals surface area contributed by atoms with E-state index in [1.54, 1.807) is 18.3 Å². The zero-order valence-corrected chi connectivity index (χ0v) is 10.5. The predicted molar refractivity (Wildman–Crippen MR) is 68.3 cm³/mol. The summed E-state index contributed by atoms with van der Waals surface area (Å²) in [6.07, 6.45) is 1.68. The van der Waals surface area contributed by atoms with Crippen molar-refractivity contribution in [2.45, 2.75) is 19.9 Å². The Bertz CT molecular complexity index is 526. The Kier molecular flexibility index (Phi) is 3.17. The highest BCUT2D eigenvalue weighted by molar-refractivity contribution is 6.39. The van der Waals surface area contributed by atoms with Gasteiger partial charge in [0.15, 0.2) is 0 Å². The number of anilines is 1. The minimum absolute atomic E-state index is 0.274. The van der Waals surface area contributed by atoms with Crippen LogP contribution < -0.4 is 5.32 Å². The summed E-state index contributed by atoms with van der Waals surface area (Å²) in [5.41, 5.74) is 0.673. The SMILES string of the molecule is CC(C)Nc1ncc2c(Cl)ccc(Cl)c2n1. The van der Waals surface area contributed by atoms with Gasteiger partial charge in [-0.25, -0.2) is 9.97 Å². The highest BCUT2D eigenvalue weighted by Gasteiger charge is 2.07. The van der Waals surface area contributed by atoms with Crippen LogP contribution in [-0.2, 0) is 0 Å². The Morgan fingerprint density at radius 1 is 1.19 bits per heavy atom. The van der Waals surface area contributed by atoms with Gasteiger partial charge in [0, 0.05) is 17.6 Å². The van der Waals surface area contributed by atoms with Gasteiger partial charge in [-0.2, -0.15) is 0 Å². The van der Waals surface area contributed by atoms with Crippen LogP contribution in [0.25, 0.3) is 10.9 Å². The number of fused-ring (bicyclic) bond motifs is 1. The Labute approximate surface area is 104 Å². The first kappa shape index (κ1) is 11.4. The Morgan fingerprint density at radius 2 is 1.88 bits per heavy atom. The molecule has 84 valence electrons. The lowest BCUT2D eigenvalue weighted by atomic mass is 10.2. The van der Waals surface area contributed by atoms with E-state index in [1.165, 1.54) is 0 Å². The third kappa shape index (κ3) is 2.20. The van der Waals surface area contributed by atoms with Crippen LogP contribution in [-0.4, -0.2) is 16.0 Å². The Morgan fingerprint density at radius 3 is 2.56 bits per heavy atom. The van der Waals surface area contributed by atoms with Crippen LogP contribution in [0.5, 0.6) is 0 Å². The molecule has 0 fully saturated rings. The van der Waals surface area contributed by atoms with Gasteiger partial charge in [0.25, 0.3) is 0 Å². The van der Waals surface area contributed by atoms with E-state index in [-0.39, 0.29) is 6.04 Å². The van der Waals surface area contributed by atoms with Crippen LogP contribution in [0.3, 0.4) is 0 Å². The number of nitrogens with zero attached hydrogens (tertiary/aromatic N) is 2. The molecule has 3 nitrogen and oxygen atoms in total. The van der Waals surface area contributed by atoms with Crippen LogP contribution >= 0.6 is 23.2 Å². The van der Waals surface area contributed by atoms with Crippen LogP contribution in [0, 0.1) is 0 Å². The second kappa shape index (κ2) is 4.44. The monoisotopic (exact) mass is 255 g/mol. The molecule has 0 aliphatic heterocycles. The van der Waals surface area contributed by atoms with Gasteiger partial charge in [-0.3, -0.25) is 0 Å². The molecule has 0 radical (unpaired) electrons. The molecule has 0 unspecified atom stereocenters. The standard InChI is InChI=1S/C11H11Cl2N3/c1-6(2)15-11-14-5-7-8(12)3-4-9(13)10(7)16-11/h3-6H,1-2H3,(H,14,15,16). The number of nitrogens with one attached hydrogen (secondary N) is 1. The van der Waals surface area contributed by atoms with E-state index in [2.05, 4.69) is 15.3 Å². The molecule has 1 N–H and O–H groups in total. The summed E-state index contributed by atoms with van der Waals surface area (Å²) in [5, 5.41) is 5.07. The molecule has 1 aromatic heterocycles. The third-order valence-corrected chi connectivity index (χ3v) is 2.70. The lowest BCUT2D eigenvalue weighted by Gasteiger charge is -2.09. The van der Waals surface area contributed by atoms with E-state index in [0.29, 0.717) is 21.5 Å². The maximum atomic E-state index is 6.06. The molecule has 16 heavy (non-hydrogen) atoms. The van der Waals surface area contributed by atoms with Crippen molar-refractivity contribution in [2.24, 2.45) is 0 Å². The van der Waals surface area contributed by atoms with E-state index in [4.69, 9.17) is 23.2 Å². The molecule has 1 heterocycles. The van der Waals surface area contributed by atoms with E-state index >= 15 is 0 Å². The maximum Gasteiger partial charge on any atom is 0.223 e. The van der Waals surface area contributed by atoms with Crippen LogP contribution in [0.15, 0.2) is 18.3 Å². The quantitative estimate of drug-likeness (QED) is 0.888. The fourth-order valence-corrected chi connectivity index (χ4v) is 1.79. The average molecular weight is 256 g/mol. The molecule has 1 aromatic carbocycles. The van der Waals surface area contributed by atoms with Crippen molar-refractivity contribution < 1.29 is 0 Å². The van der Waals surface area contributed by atoms with Crippen molar-refractivity contribution in [3.8, 4) is 0 Å². The van der Waals surface area contributed by atoms with Gasteiger partial charge in [-0.05, 0) is 26.0 Å². The minimum atomic E-state index is 0.274. The molecule has 0 spiro atoms. The van der Waals surface area contributed by atoms with Crippen LogP contribution in [0.1, 0.15) is 13.8 Å². The lowest BCUT2D eigenvalue weighted by molar-refractivity contribution is 0.878. The molecule has 0 saturated heterocycles. The summed E-state index contributed by atoms with van der Waals surface area (Å²) < 4.78 is 0. The van der Waals surface area contributed by atoms with E-state index in [9.17, 15) is 0 Å². The summed E-state index contributed by atoms with van der Waals surface area (Å²) in [6, 6.07) is 3.75. The molecule has 0 saturated carbocycles. The number of aromatic nitrogens is 2. The number of halogens is 2. The zero-order chi connectivity index (χ0) is 11.7. The number of rotatable bonds is 2. The highest BCUT2D eigenvalue weighted by atomic mass is 35.5. The maximum absolute atomic E-state index is 6.06. The minimum Gasteiger partial charge on any atom is -0.352 e. The summed E-state index contributed by atoms with van der Waals surface area (Å²) in [4.78, 5) is 8.52. The lowest BCUT2D eigenvalue weighted by Crippen LogP contribution is -2.12. The summed E-state index contributed by atoms with van der Waals surface area (Å²) in [7, 11) is 0. The van der Waals surface area contributed by atoms with Crippen molar-refractivity contribution in [1.29, 1.82) is 0 Å². The molecule has 5 heteroatoms. The van der Waals surface area contributed by atoms with Crippen molar-refractivity contribution in [3.63, 3.8) is 0 Å². The second-order valence-electron chi connectivity index (χ2n) is 3.78. The first-order valence-electron chi connectivity index (χ1n) is 4.95. The van der Waals surface area contributed by atoms with E-state index in [0.717, 1.165) is 5.39 Å². The van der Waals surface area contributed by atoms with E-state index < -0.39 is 0 Å². The molecule has 2 aromatic rings. The highest BCUT2D eigenvalue weighted by Crippen LogP contribution is 2.28. The van der Waals surface area contributed by atoms with Gasteiger partial charge in [0.1, 0.15) is 0 Å². The first-order chi connectivity index (χ1) is 7.58. The van der Waals surface area contributed by atoms with Crippen molar-refractivity contribution >= 4 is 40.1 Å². The summed E-state index contributed by atoms with van der Waals surface area (Å²) in [6.45, 7) is 4.04. The molecule has 0 bridgehead atoms. The topological polar surface area (TPSA) is 37.8 Å². The predicted octanol–water partition coefficient (Wildman–Crippen LogP) is 3.76. The molecule has 0 aliphatic rings.